The molecule has 5 heteroatoms. The second-order valence-corrected chi connectivity index (χ2v) is 5.24. The predicted octanol–water partition coefficient (Wildman–Crippen LogP) is 2.56. The fourth-order valence-electron chi connectivity index (χ4n) is 1.78. The van der Waals surface area contributed by atoms with Crippen LogP contribution in [-0.4, -0.2) is 14.8 Å². The van der Waals surface area contributed by atoms with Gasteiger partial charge < -0.3 is 5.73 Å². The minimum absolute atomic E-state index is 0.353. The Hall–Kier alpha value is -1.36. The zero-order valence-electron chi connectivity index (χ0n) is 9.98. The highest BCUT2D eigenvalue weighted by Gasteiger charge is 2.19. The Bertz CT molecular complexity index is 510. The topological polar surface area (TPSA) is 56.7 Å². The molecule has 86 valence electrons. The molecule has 0 bridgehead atoms. The Morgan fingerprint density at radius 2 is 2.12 bits per heavy atom. The predicted molar refractivity (Wildman–Crippen MR) is 67.6 cm³/mol. The van der Waals surface area contributed by atoms with Crippen molar-refractivity contribution in [3.05, 3.63) is 16.0 Å². The first-order chi connectivity index (χ1) is 7.50. The SMILES string of the molecule is Cc1nc(-c2nn(C)c(N)c2C(C)C)cs1. The molecule has 0 aromatic carbocycles. The van der Waals surface area contributed by atoms with Crippen molar-refractivity contribution < 1.29 is 0 Å². The number of anilines is 1. The average Bonchev–Trinajstić information content (AvgIpc) is 2.73. The van der Waals surface area contributed by atoms with Gasteiger partial charge in [0.25, 0.3) is 0 Å². The molecule has 0 unspecified atom stereocenters. The summed E-state index contributed by atoms with van der Waals surface area (Å²) in [5, 5.41) is 7.53. The van der Waals surface area contributed by atoms with Gasteiger partial charge in [-0.2, -0.15) is 5.10 Å². The van der Waals surface area contributed by atoms with Crippen LogP contribution in [0, 0.1) is 6.92 Å². The molecule has 0 aliphatic heterocycles. The zero-order valence-corrected chi connectivity index (χ0v) is 10.8. The van der Waals surface area contributed by atoms with Crippen molar-refractivity contribution in [2.45, 2.75) is 26.7 Å². The van der Waals surface area contributed by atoms with Crippen molar-refractivity contribution in [3.63, 3.8) is 0 Å². The molecule has 16 heavy (non-hydrogen) atoms. The summed E-state index contributed by atoms with van der Waals surface area (Å²) in [7, 11) is 1.87. The maximum absolute atomic E-state index is 6.02. The van der Waals surface area contributed by atoms with Crippen LogP contribution in [0.25, 0.3) is 11.4 Å². The van der Waals surface area contributed by atoms with E-state index in [0.29, 0.717) is 5.92 Å². The summed E-state index contributed by atoms with van der Waals surface area (Å²) in [6.07, 6.45) is 0. The van der Waals surface area contributed by atoms with Gasteiger partial charge in [-0.25, -0.2) is 4.98 Å². The number of hydrogen-bond donors (Lipinski definition) is 1. The molecule has 2 N–H and O–H groups in total. The van der Waals surface area contributed by atoms with Gasteiger partial charge in [-0.3, -0.25) is 4.68 Å². The van der Waals surface area contributed by atoms with E-state index in [-0.39, 0.29) is 0 Å². The van der Waals surface area contributed by atoms with Crippen LogP contribution >= 0.6 is 11.3 Å². The van der Waals surface area contributed by atoms with E-state index in [0.717, 1.165) is 27.8 Å². The summed E-state index contributed by atoms with van der Waals surface area (Å²) < 4.78 is 1.72. The fraction of sp³-hybridized carbons (Fsp3) is 0.455. The van der Waals surface area contributed by atoms with Crippen molar-refractivity contribution >= 4 is 17.2 Å². The second-order valence-electron chi connectivity index (χ2n) is 4.18. The minimum atomic E-state index is 0.353. The first-order valence-electron chi connectivity index (χ1n) is 5.25. The third-order valence-corrected chi connectivity index (χ3v) is 3.34. The zero-order chi connectivity index (χ0) is 11.9. The lowest BCUT2D eigenvalue weighted by atomic mass is 10.0. The molecule has 0 radical (unpaired) electrons. The fourth-order valence-corrected chi connectivity index (χ4v) is 2.38. The van der Waals surface area contributed by atoms with Gasteiger partial charge in [-0.15, -0.1) is 11.3 Å². The number of nitrogen functional groups attached to an aromatic ring is 1. The van der Waals surface area contributed by atoms with Crippen molar-refractivity contribution in [1.82, 2.24) is 14.8 Å². The largest absolute Gasteiger partial charge is 0.384 e. The first-order valence-corrected chi connectivity index (χ1v) is 6.13. The van der Waals surface area contributed by atoms with E-state index in [4.69, 9.17) is 5.73 Å². The van der Waals surface area contributed by atoms with E-state index in [1.165, 1.54) is 0 Å². The molecule has 2 heterocycles. The standard InChI is InChI=1S/C11H16N4S/c1-6(2)9-10(14-15(4)11(9)12)8-5-16-7(3)13-8/h5-6H,12H2,1-4H3. The van der Waals surface area contributed by atoms with E-state index < -0.39 is 0 Å². The highest BCUT2D eigenvalue weighted by molar-refractivity contribution is 7.09. The van der Waals surface area contributed by atoms with Crippen molar-refractivity contribution in [3.8, 4) is 11.4 Å². The molecule has 0 aliphatic carbocycles. The van der Waals surface area contributed by atoms with E-state index in [2.05, 4.69) is 23.9 Å². The van der Waals surface area contributed by atoms with Crippen LogP contribution in [0.4, 0.5) is 5.82 Å². The number of aryl methyl sites for hydroxylation is 2. The second kappa shape index (κ2) is 3.90. The molecule has 0 saturated heterocycles. The molecule has 0 saturated carbocycles. The quantitative estimate of drug-likeness (QED) is 0.871. The molecule has 0 fully saturated rings. The number of hydrogen-bond acceptors (Lipinski definition) is 4. The summed E-state index contributed by atoms with van der Waals surface area (Å²) in [5.41, 5.74) is 8.96. The smallest absolute Gasteiger partial charge is 0.125 e. The van der Waals surface area contributed by atoms with E-state index in [1.807, 2.05) is 19.4 Å². The van der Waals surface area contributed by atoms with Gasteiger partial charge in [0.1, 0.15) is 17.2 Å². The van der Waals surface area contributed by atoms with Crippen molar-refractivity contribution in [2.24, 2.45) is 7.05 Å². The van der Waals surface area contributed by atoms with Gasteiger partial charge in [0.2, 0.25) is 0 Å². The molecular formula is C11H16N4S. The van der Waals surface area contributed by atoms with E-state index in [1.54, 1.807) is 16.0 Å². The Morgan fingerprint density at radius 3 is 2.62 bits per heavy atom. The maximum atomic E-state index is 6.02. The average molecular weight is 236 g/mol. The van der Waals surface area contributed by atoms with Crippen LogP contribution < -0.4 is 5.73 Å². The van der Waals surface area contributed by atoms with E-state index >= 15 is 0 Å². The summed E-state index contributed by atoms with van der Waals surface area (Å²) in [6.45, 7) is 6.24. The van der Waals surface area contributed by atoms with Crippen LogP contribution in [-0.2, 0) is 7.05 Å². The lowest BCUT2D eigenvalue weighted by Gasteiger charge is -2.05. The number of rotatable bonds is 2. The minimum Gasteiger partial charge on any atom is -0.384 e. The highest BCUT2D eigenvalue weighted by Crippen LogP contribution is 2.32. The van der Waals surface area contributed by atoms with Gasteiger partial charge in [-0.05, 0) is 12.8 Å². The van der Waals surface area contributed by atoms with Crippen LogP contribution in [0.3, 0.4) is 0 Å². The van der Waals surface area contributed by atoms with Crippen molar-refractivity contribution in [2.75, 3.05) is 5.73 Å². The molecule has 2 aromatic heterocycles. The molecule has 2 rings (SSSR count). The van der Waals surface area contributed by atoms with Crippen LogP contribution in [0.5, 0.6) is 0 Å². The Kier molecular flexibility index (Phi) is 2.71. The molecule has 0 atom stereocenters. The van der Waals surface area contributed by atoms with Crippen LogP contribution in [0.1, 0.15) is 30.3 Å². The van der Waals surface area contributed by atoms with Crippen molar-refractivity contribution in [1.29, 1.82) is 0 Å². The number of nitrogens with two attached hydrogens (primary N) is 1. The molecule has 0 spiro atoms. The van der Waals surface area contributed by atoms with Gasteiger partial charge in [0.05, 0.1) is 5.01 Å². The van der Waals surface area contributed by atoms with Gasteiger partial charge in [0, 0.05) is 18.0 Å². The lowest BCUT2D eigenvalue weighted by molar-refractivity contribution is 0.779. The molecule has 0 aliphatic rings. The monoisotopic (exact) mass is 236 g/mol. The first kappa shape index (κ1) is 11.1. The molecular weight excluding hydrogens is 220 g/mol. The van der Waals surface area contributed by atoms with Crippen LogP contribution in [0.15, 0.2) is 5.38 Å². The summed E-state index contributed by atoms with van der Waals surface area (Å²) in [6, 6.07) is 0. The maximum Gasteiger partial charge on any atom is 0.125 e. The van der Waals surface area contributed by atoms with Crippen LogP contribution in [0.2, 0.25) is 0 Å². The van der Waals surface area contributed by atoms with Gasteiger partial charge in [-0.1, -0.05) is 13.8 Å². The summed E-state index contributed by atoms with van der Waals surface area (Å²) in [4.78, 5) is 4.47. The van der Waals surface area contributed by atoms with E-state index in [9.17, 15) is 0 Å². The number of nitrogens with zero attached hydrogens (tertiary/aromatic N) is 3. The Morgan fingerprint density at radius 1 is 1.44 bits per heavy atom. The van der Waals surface area contributed by atoms with Gasteiger partial charge >= 0.3 is 0 Å². The molecule has 2 aromatic rings. The molecule has 4 nitrogen and oxygen atoms in total. The Balaban J connectivity index is 2.60. The number of thiazole rings is 1. The number of aromatic nitrogens is 3. The third kappa shape index (κ3) is 1.71. The highest BCUT2D eigenvalue weighted by atomic mass is 32.1. The van der Waals surface area contributed by atoms with Gasteiger partial charge in [0.15, 0.2) is 0 Å². The molecule has 0 amide bonds. The summed E-state index contributed by atoms with van der Waals surface area (Å²) >= 11 is 1.63. The third-order valence-electron chi connectivity index (χ3n) is 2.57. The lowest BCUT2D eigenvalue weighted by Crippen LogP contribution is -2.00. The normalized spacial score (nSPS) is 11.3. The Labute approximate surface area is 99.1 Å². The summed E-state index contributed by atoms with van der Waals surface area (Å²) in [5.74, 6) is 1.08.